The highest BCUT2D eigenvalue weighted by atomic mass is 15.3. The predicted octanol–water partition coefficient (Wildman–Crippen LogP) is 1.47. The Kier molecular flexibility index (Phi) is 3.18. The first-order chi connectivity index (χ1) is 8.15. The molecule has 17 heavy (non-hydrogen) atoms. The number of nitrogens with two attached hydrogens (primary N) is 2. The summed E-state index contributed by atoms with van der Waals surface area (Å²) in [5.41, 5.74) is 14.7. The molecule has 0 radical (unpaired) electrons. The fourth-order valence-corrected chi connectivity index (χ4v) is 1.59. The van der Waals surface area contributed by atoms with Crippen molar-refractivity contribution in [3.05, 3.63) is 36.2 Å². The molecule has 2 aromatic rings. The van der Waals surface area contributed by atoms with Crippen molar-refractivity contribution in [1.82, 2.24) is 9.78 Å². The third-order valence-corrected chi connectivity index (χ3v) is 2.52. The zero-order valence-corrected chi connectivity index (χ0v) is 9.85. The van der Waals surface area contributed by atoms with Crippen molar-refractivity contribution in [2.75, 3.05) is 23.3 Å². The summed E-state index contributed by atoms with van der Waals surface area (Å²) in [7, 11) is 0. The van der Waals surface area contributed by atoms with E-state index in [0.717, 1.165) is 18.8 Å². The number of rotatable bonds is 4. The topological polar surface area (TPSA) is 81.9 Å². The van der Waals surface area contributed by atoms with Crippen molar-refractivity contribution in [3.63, 3.8) is 0 Å². The van der Waals surface area contributed by atoms with Crippen molar-refractivity contribution in [1.29, 1.82) is 0 Å². The lowest BCUT2D eigenvalue weighted by molar-refractivity contribution is 0.637. The Morgan fingerprint density at radius 2 is 2.12 bits per heavy atom. The second-order valence-electron chi connectivity index (χ2n) is 4.05. The summed E-state index contributed by atoms with van der Waals surface area (Å²) in [5.74, 6) is 0. The summed E-state index contributed by atoms with van der Waals surface area (Å²) in [6.45, 7) is 3.64. The van der Waals surface area contributed by atoms with E-state index >= 15 is 0 Å². The quantitative estimate of drug-likeness (QED) is 0.696. The van der Waals surface area contributed by atoms with E-state index < -0.39 is 0 Å². The highest BCUT2D eigenvalue weighted by Gasteiger charge is 1.97. The zero-order valence-electron chi connectivity index (χ0n) is 9.85. The van der Waals surface area contributed by atoms with Crippen molar-refractivity contribution in [3.8, 4) is 0 Å². The second kappa shape index (κ2) is 4.78. The van der Waals surface area contributed by atoms with Gasteiger partial charge in [0, 0.05) is 18.4 Å². The molecule has 2 rings (SSSR count). The Labute approximate surface area is 100 Å². The van der Waals surface area contributed by atoms with Gasteiger partial charge in [0.05, 0.1) is 24.1 Å². The molecule has 0 bridgehead atoms. The molecular weight excluding hydrogens is 214 g/mol. The maximum Gasteiger partial charge on any atom is 0.0582 e. The fraction of sp³-hybridized carbons (Fsp3) is 0.250. The summed E-state index contributed by atoms with van der Waals surface area (Å²) in [6.07, 6.45) is 3.86. The number of benzene rings is 1. The summed E-state index contributed by atoms with van der Waals surface area (Å²) in [6, 6.07) is 5.55. The van der Waals surface area contributed by atoms with Gasteiger partial charge in [-0.05, 0) is 30.7 Å². The molecule has 1 aromatic carbocycles. The van der Waals surface area contributed by atoms with Crippen LogP contribution in [0.1, 0.15) is 5.56 Å². The molecule has 1 heterocycles. The van der Waals surface area contributed by atoms with Gasteiger partial charge in [0.2, 0.25) is 0 Å². The van der Waals surface area contributed by atoms with Gasteiger partial charge in [0.25, 0.3) is 0 Å². The van der Waals surface area contributed by atoms with E-state index in [4.69, 9.17) is 11.5 Å². The largest absolute Gasteiger partial charge is 0.397 e. The molecule has 0 saturated carbocycles. The maximum absolute atomic E-state index is 5.72. The van der Waals surface area contributed by atoms with Crippen LogP contribution in [0.2, 0.25) is 0 Å². The van der Waals surface area contributed by atoms with Crippen LogP contribution < -0.4 is 16.8 Å². The SMILES string of the molecule is Cc1cnn(CCNc2ccc(N)c(N)c2)c1. The molecule has 0 amide bonds. The molecular formula is C12H17N5. The average Bonchev–Trinajstić information content (AvgIpc) is 2.70. The van der Waals surface area contributed by atoms with E-state index in [1.807, 2.05) is 36.1 Å². The minimum absolute atomic E-state index is 0.602. The van der Waals surface area contributed by atoms with E-state index in [0.29, 0.717) is 11.4 Å². The lowest BCUT2D eigenvalue weighted by atomic mass is 10.2. The molecule has 1 aromatic heterocycles. The van der Waals surface area contributed by atoms with Gasteiger partial charge in [-0.1, -0.05) is 0 Å². The highest BCUT2D eigenvalue weighted by molar-refractivity contribution is 5.69. The van der Waals surface area contributed by atoms with Crippen molar-refractivity contribution >= 4 is 17.1 Å². The number of nitrogens with zero attached hydrogens (tertiary/aromatic N) is 2. The van der Waals surface area contributed by atoms with Crippen LogP contribution in [0, 0.1) is 6.92 Å². The monoisotopic (exact) mass is 231 g/mol. The van der Waals surface area contributed by atoms with Gasteiger partial charge in [-0.2, -0.15) is 5.10 Å². The van der Waals surface area contributed by atoms with Crippen LogP contribution in [0.15, 0.2) is 30.6 Å². The number of nitrogens with one attached hydrogen (secondary N) is 1. The minimum atomic E-state index is 0.602. The van der Waals surface area contributed by atoms with Crippen LogP contribution in [0.4, 0.5) is 17.1 Å². The normalized spacial score (nSPS) is 10.4. The van der Waals surface area contributed by atoms with E-state index in [1.54, 1.807) is 6.07 Å². The molecule has 5 heteroatoms. The Hall–Kier alpha value is -2.17. The fourth-order valence-electron chi connectivity index (χ4n) is 1.59. The van der Waals surface area contributed by atoms with Crippen LogP contribution >= 0.6 is 0 Å². The van der Waals surface area contributed by atoms with Gasteiger partial charge in [0.1, 0.15) is 0 Å². The second-order valence-corrected chi connectivity index (χ2v) is 4.05. The average molecular weight is 231 g/mol. The Morgan fingerprint density at radius 3 is 2.76 bits per heavy atom. The van der Waals surface area contributed by atoms with Crippen LogP contribution in [0.3, 0.4) is 0 Å². The molecule has 0 spiro atoms. The highest BCUT2D eigenvalue weighted by Crippen LogP contribution is 2.19. The van der Waals surface area contributed by atoms with Crippen LogP contribution in [0.5, 0.6) is 0 Å². The predicted molar refractivity (Wildman–Crippen MR) is 70.7 cm³/mol. The van der Waals surface area contributed by atoms with Gasteiger partial charge in [-0.3, -0.25) is 4.68 Å². The van der Waals surface area contributed by atoms with Crippen LogP contribution in [0.25, 0.3) is 0 Å². The molecule has 5 nitrogen and oxygen atoms in total. The van der Waals surface area contributed by atoms with Gasteiger partial charge in [0.15, 0.2) is 0 Å². The van der Waals surface area contributed by atoms with Crippen molar-refractivity contribution in [2.24, 2.45) is 0 Å². The van der Waals surface area contributed by atoms with Crippen LogP contribution in [-0.4, -0.2) is 16.3 Å². The number of anilines is 3. The minimum Gasteiger partial charge on any atom is -0.397 e. The zero-order chi connectivity index (χ0) is 12.3. The number of hydrogen-bond donors (Lipinski definition) is 3. The van der Waals surface area contributed by atoms with E-state index in [-0.39, 0.29) is 0 Å². The summed E-state index contributed by atoms with van der Waals surface area (Å²) < 4.78 is 1.91. The lowest BCUT2D eigenvalue weighted by Gasteiger charge is -2.08. The summed E-state index contributed by atoms with van der Waals surface area (Å²) in [5, 5.41) is 7.48. The van der Waals surface area contributed by atoms with Crippen molar-refractivity contribution in [2.45, 2.75) is 13.5 Å². The third kappa shape index (κ3) is 2.90. The molecule has 5 N–H and O–H groups in total. The van der Waals surface area contributed by atoms with Gasteiger partial charge in [-0.15, -0.1) is 0 Å². The number of hydrogen-bond acceptors (Lipinski definition) is 4. The Bertz CT molecular complexity index is 503. The summed E-state index contributed by atoms with van der Waals surface area (Å²) in [4.78, 5) is 0. The first kappa shape index (κ1) is 11.3. The molecule has 0 aliphatic heterocycles. The van der Waals surface area contributed by atoms with Gasteiger partial charge in [-0.25, -0.2) is 0 Å². The molecule has 90 valence electrons. The standard InChI is InChI=1S/C12H17N5/c1-9-7-16-17(8-9)5-4-15-10-2-3-11(13)12(14)6-10/h2-3,6-8,15H,4-5,13-14H2,1H3. The molecule has 0 aliphatic carbocycles. The van der Waals surface area contributed by atoms with Crippen molar-refractivity contribution < 1.29 is 0 Å². The lowest BCUT2D eigenvalue weighted by Crippen LogP contribution is -2.11. The number of aryl methyl sites for hydroxylation is 1. The van der Waals surface area contributed by atoms with Gasteiger partial charge >= 0.3 is 0 Å². The van der Waals surface area contributed by atoms with Crippen LogP contribution in [-0.2, 0) is 6.54 Å². The molecule has 0 aliphatic rings. The number of nitrogen functional groups attached to an aromatic ring is 2. The van der Waals surface area contributed by atoms with E-state index in [2.05, 4.69) is 10.4 Å². The molecule has 0 unspecified atom stereocenters. The first-order valence-electron chi connectivity index (χ1n) is 5.53. The smallest absolute Gasteiger partial charge is 0.0582 e. The first-order valence-corrected chi connectivity index (χ1v) is 5.53. The molecule has 0 atom stereocenters. The Balaban J connectivity index is 1.87. The van der Waals surface area contributed by atoms with Gasteiger partial charge < -0.3 is 16.8 Å². The third-order valence-electron chi connectivity index (χ3n) is 2.52. The maximum atomic E-state index is 5.72. The number of aromatic nitrogens is 2. The van der Waals surface area contributed by atoms with E-state index in [9.17, 15) is 0 Å². The molecule has 0 saturated heterocycles. The summed E-state index contributed by atoms with van der Waals surface area (Å²) >= 11 is 0. The molecule has 0 fully saturated rings. The Morgan fingerprint density at radius 1 is 1.29 bits per heavy atom. The van der Waals surface area contributed by atoms with E-state index in [1.165, 1.54) is 5.56 Å².